The number of nitrogens with one attached hydrogen (secondary N) is 2. The van der Waals surface area contributed by atoms with E-state index in [9.17, 15) is 23.2 Å². The van der Waals surface area contributed by atoms with Crippen LogP contribution in [0.25, 0.3) is 10.9 Å². The van der Waals surface area contributed by atoms with Crippen molar-refractivity contribution in [1.82, 2.24) is 44.0 Å². The lowest BCUT2D eigenvalue weighted by molar-refractivity contribution is -0.121. The number of nitrogens with zero attached hydrogens (tertiary/aromatic N) is 8. The molecule has 6 rings (SSSR count). The summed E-state index contributed by atoms with van der Waals surface area (Å²) in [5.41, 5.74) is -0.837. The van der Waals surface area contributed by atoms with Gasteiger partial charge in [0.1, 0.15) is 12.9 Å². The molecule has 1 saturated carbocycles. The van der Waals surface area contributed by atoms with Crippen LogP contribution in [0.4, 0.5) is 20.4 Å². The van der Waals surface area contributed by atoms with Gasteiger partial charge in [-0.3, -0.25) is 18.7 Å². The molecule has 3 aromatic heterocycles. The first-order valence-electron chi connectivity index (χ1n) is 13.0. The van der Waals surface area contributed by atoms with Crippen molar-refractivity contribution in [2.45, 2.75) is 38.5 Å². The highest BCUT2D eigenvalue weighted by atomic mass is 35.5. The minimum atomic E-state index is -1.23. The van der Waals surface area contributed by atoms with Crippen molar-refractivity contribution in [2.24, 2.45) is 7.05 Å². The van der Waals surface area contributed by atoms with Crippen LogP contribution in [0.1, 0.15) is 24.2 Å². The predicted molar refractivity (Wildman–Crippen MR) is 153 cm³/mol. The zero-order chi connectivity index (χ0) is 30.4. The molecule has 3 heterocycles. The average molecular weight is 631 g/mol. The predicted octanol–water partition coefficient (Wildman–Crippen LogP) is 2.59. The minimum Gasteiger partial charge on any atom is -0.352 e. The highest BCUT2D eigenvalue weighted by molar-refractivity contribution is 6.34. The van der Waals surface area contributed by atoms with Crippen molar-refractivity contribution in [3.63, 3.8) is 0 Å². The number of benzene rings is 2. The molecule has 0 aliphatic heterocycles. The van der Waals surface area contributed by atoms with E-state index >= 15 is 0 Å². The van der Waals surface area contributed by atoms with Gasteiger partial charge >= 0.3 is 11.4 Å². The maximum absolute atomic E-state index is 14.2. The summed E-state index contributed by atoms with van der Waals surface area (Å²) in [7, 11) is 1.63. The Morgan fingerprint density at radius 2 is 1.84 bits per heavy atom. The standard InChI is InChI=1S/C26H22Cl2F2N10O3/c1-37-12-31-21(36-37)10-40-25(42)34-24(39(26(40)43)8-13-4-17(28)23(30)18(29)5-13)33-20-6-14-9-38(35-19(14)7-16(20)27)11-22(41)32-15-2-3-15/h4-7,9,12,15H,2-3,8,10-11H2,1H3,(H,32,41)(H,33,34,42). The van der Waals surface area contributed by atoms with E-state index in [1.54, 1.807) is 25.4 Å². The summed E-state index contributed by atoms with van der Waals surface area (Å²) in [5.74, 6) is -2.64. The second-order valence-electron chi connectivity index (χ2n) is 10.1. The number of carbonyl (C=O) groups excluding carboxylic acids is 1. The minimum absolute atomic E-state index is 0.0206. The number of aromatic nitrogens is 8. The topological polar surface area (TPSA) is 147 Å². The van der Waals surface area contributed by atoms with Crippen LogP contribution in [-0.4, -0.2) is 50.6 Å². The molecule has 2 N–H and O–H groups in total. The van der Waals surface area contributed by atoms with Gasteiger partial charge in [-0.25, -0.2) is 27.9 Å². The molecule has 17 heteroatoms. The molecule has 1 aliphatic carbocycles. The van der Waals surface area contributed by atoms with E-state index in [-0.39, 0.29) is 59.6 Å². The van der Waals surface area contributed by atoms with Gasteiger partial charge in [0, 0.05) is 24.7 Å². The van der Waals surface area contributed by atoms with Gasteiger partial charge < -0.3 is 10.6 Å². The Bertz CT molecular complexity index is 1990. The van der Waals surface area contributed by atoms with E-state index in [4.69, 9.17) is 23.2 Å². The lowest BCUT2D eigenvalue weighted by atomic mass is 10.2. The lowest BCUT2D eigenvalue weighted by Crippen LogP contribution is -2.43. The largest absolute Gasteiger partial charge is 0.355 e. The van der Waals surface area contributed by atoms with E-state index < -0.39 is 28.0 Å². The van der Waals surface area contributed by atoms with Gasteiger partial charge in [-0.1, -0.05) is 23.2 Å². The maximum atomic E-state index is 14.2. The summed E-state index contributed by atoms with van der Waals surface area (Å²) in [6.45, 7) is -0.605. The molecule has 2 aromatic carbocycles. The van der Waals surface area contributed by atoms with Gasteiger partial charge in [-0.15, -0.1) is 0 Å². The smallest absolute Gasteiger partial charge is 0.352 e. The molecule has 222 valence electrons. The van der Waals surface area contributed by atoms with Gasteiger partial charge in [0.25, 0.3) is 0 Å². The SMILES string of the molecule is Cn1cnc(Cn2c(=O)nc(Nc3cc4cn(CC(=O)NC5CC5)nc4cc3Cl)n(Cc3cc(F)c(F)c(Cl)c3)c2=O)n1. The molecule has 0 saturated heterocycles. The number of amides is 1. The van der Waals surface area contributed by atoms with E-state index in [1.165, 1.54) is 21.8 Å². The van der Waals surface area contributed by atoms with Gasteiger partial charge in [0.2, 0.25) is 11.9 Å². The molecular weight excluding hydrogens is 609 g/mol. The van der Waals surface area contributed by atoms with Crippen molar-refractivity contribution in [2.75, 3.05) is 5.32 Å². The van der Waals surface area contributed by atoms with Crippen LogP contribution in [0.5, 0.6) is 0 Å². The molecule has 0 spiro atoms. The molecule has 13 nitrogen and oxygen atoms in total. The first kappa shape index (κ1) is 28.5. The van der Waals surface area contributed by atoms with Gasteiger partial charge in [0.05, 0.1) is 34.3 Å². The molecule has 5 aromatic rings. The molecule has 1 fully saturated rings. The van der Waals surface area contributed by atoms with Crippen molar-refractivity contribution < 1.29 is 13.6 Å². The van der Waals surface area contributed by atoms with Crippen LogP contribution < -0.4 is 22.0 Å². The third kappa shape index (κ3) is 6.12. The molecule has 43 heavy (non-hydrogen) atoms. The number of fused-ring (bicyclic) bond motifs is 1. The fraction of sp³-hybridized carbons (Fsp3) is 0.269. The number of carbonyl (C=O) groups is 1. The summed E-state index contributed by atoms with van der Waals surface area (Å²) in [6.07, 6.45) is 4.99. The number of halogens is 4. The maximum Gasteiger partial charge on any atom is 0.355 e. The summed E-state index contributed by atoms with van der Waals surface area (Å²) in [6, 6.07) is 5.44. The van der Waals surface area contributed by atoms with E-state index in [2.05, 4.69) is 30.8 Å². The second-order valence-corrected chi connectivity index (χ2v) is 10.9. The summed E-state index contributed by atoms with van der Waals surface area (Å²) in [4.78, 5) is 47.0. The first-order valence-corrected chi connectivity index (χ1v) is 13.7. The summed E-state index contributed by atoms with van der Waals surface area (Å²) < 4.78 is 32.8. The van der Waals surface area contributed by atoms with Gasteiger partial charge in [-0.2, -0.15) is 15.2 Å². The Balaban J connectivity index is 1.38. The van der Waals surface area contributed by atoms with Crippen LogP contribution in [0.3, 0.4) is 0 Å². The van der Waals surface area contributed by atoms with E-state index in [1.807, 2.05) is 0 Å². The molecule has 0 bridgehead atoms. The zero-order valence-electron chi connectivity index (χ0n) is 22.4. The fourth-order valence-electron chi connectivity index (χ4n) is 4.42. The van der Waals surface area contributed by atoms with E-state index in [0.29, 0.717) is 10.9 Å². The van der Waals surface area contributed by atoms with Crippen molar-refractivity contribution in [3.05, 3.63) is 90.8 Å². The van der Waals surface area contributed by atoms with Crippen molar-refractivity contribution in [3.8, 4) is 0 Å². The van der Waals surface area contributed by atoms with Crippen molar-refractivity contribution >= 4 is 51.6 Å². The highest BCUT2D eigenvalue weighted by Gasteiger charge is 2.23. The van der Waals surface area contributed by atoms with Crippen LogP contribution >= 0.6 is 23.2 Å². The number of hydrogen-bond acceptors (Lipinski definition) is 8. The molecule has 1 amide bonds. The number of hydrogen-bond donors (Lipinski definition) is 2. The number of aryl methyl sites for hydroxylation is 1. The quantitative estimate of drug-likeness (QED) is 0.236. The Labute approximate surface area is 250 Å². The highest BCUT2D eigenvalue weighted by Crippen LogP contribution is 2.30. The molecule has 0 atom stereocenters. The monoisotopic (exact) mass is 630 g/mol. The Hall–Kier alpha value is -4.63. The van der Waals surface area contributed by atoms with Gasteiger partial charge in [0.15, 0.2) is 17.5 Å². The van der Waals surface area contributed by atoms with Gasteiger partial charge in [-0.05, 0) is 42.7 Å². The Morgan fingerprint density at radius 1 is 1.05 bits per heavy atom. The fourth-order valence-corrected chi connectivity index (χ4v) is 4.86. The van der Waals surface area contributed by atoms with Crippen LogP contribution in [0.15, 0.2) is 46.4 Å². The van der Waals surface area contributed by atoms with Crippen LogP contribution in [0, 0.1) is 11.6 Å². The third-order valence-electron chi connectivity index (χ3n) is 6.62. The number of anilines is 2. The third-order valence-corrected chi connectivity index (χ3v) is 7.20. The molecule has 0 radical (unpaired) electrons. The van der Waals surface area contributed by atoms with Crippen LogP contribution in [0.2, 0.25) is 10.0 Å². The molecule has 1 aliphatic rings. The first-order chi connectivity index (χ1) is 20.5. The molecular formula is C26H22Cl2F2N10O3. The van der Waals surface area contributed by atoms with Crippen molar-refractivity contribution in [1.29, 1.82) is 0 Å². The molecule has 0 unspecified atom stereocenters. The van der Waals surface area contributed by atoms with E-state index in [0.717, 1.165) is 28.0 Å². The number of rotatable bonds is 9. The normalized spacial score (nSPS) is 13.0. The van der Waals surface area contributed by atoms with Crippen LogP contribution in [-0.2, 0) is 31.5 Å². The second kappa shape index (κ2) is 11.2. The Kier molecular flexibility index (Phi) is 7.43. The zero-order valence-corrected chi connectivity index (χ0v) is 23.9. The average Bonchev–Trinajstić information content (AvgIpc) is 3.53. The summed E-state index contributed by atoms with van der Waals surface area (Å²) in [5, 5.41) is 14.6. The Morgan fingerprint density at radius 3 is 2.53 bits per heavy atom. The lowest BCUT2D eigenvalue weighted by Gasteiger charge is -2.16. The summed E-state index contributed by atoms with van der Waals surface area (Å²) >= 11 is 12.4.